The molecule has 0 unspecified atom stereocenters. The van der Waals surface area contributed by atoms with E-state index in [1.54, 1.807) is 0 Å². The molecule has 0 saturated heterocycles. The molecule has 12 rings (SSSR count). The van der Waals surface area contributed by atoms with Crippen LogP contribution in [0, 0.1) is 0 Å². The van der Waals surface area contributed by atoms with Crippen LogP contribution in [0.1, 0.15) is 0 Å². The molecule has 1 heterocycles. The lowest BCUT2D eigenvalue weighted by molar-refractivity contribution is 0.673. The Morgan fingerprint density at radius 3 is 1.44 bits per heavy atom. The zero-order chi connectivity index (χ0) is 42.4. The fourth-order valence-electron chi connectivity index (χ4n) is 9.56. The van der Waals surface area contributed by atoms with Crippen LogP contribution in [0.2, 0.25) is 0 Å². The van der Waals surface area contributed by atoms with Gasteiger partial charge in [-0.15, -0.1) is 0 Å². The molecule has 1 aromatic heterocycles. The minimum Gasteiger partial charge on any atom is -0.455 e. The molecule has 0 saturated carbocycles. The van der Waals surface area contributed by atoms with Gasteiger partial charge in [-0.3, -0.25) is 0 Å². The largest absolute Gasteiger partial charge is 0.455 e. The van der Waals surface area contributed by atoms with Crippen LogP contribution in [0.15, 0.2) is 253 Å². The van der Waals surface area contributed by atoms with E-state index in [1.807, 2.05) is 0 Å². The quantitative estimate of drug-likeness (QED) is 0.152. The van der Waals surface area contributed by atoms with Gasteiger partial charge in [-0.05, 0) is 127 Å². The maximum Gasteiger partial charge on any atom is 0.143 e. The number of fused-ring (bicyclic) bond motifs is 6. The van der Waals surface area contributed by atoms with Gasteiger partial charge in [0.2, 0.25) is 0 Å². The predicted molar refractivity (Wildman–Crippen MR) is 271 cm³/mol. The SMILES string of the molecule is c1ccc(-c2cc(-c3ccccc3)cc(-c3ccc(N(c4ccc(-c5cccc6ccccc56)cc4)c4ccccc4-c4cccc5oc6c7ccccc7ccc6c45)cc3)c2)cc1. The summed E-state index contributed by atoms with van der Waals surface area (Å²) in [4.78, 5) is 2.40. The van der Waals surface area contributed by atoms with Crippen molar-refractivity contribution < 1.29 is 4.42 Å². The minimum absolute atomic E-state index is 0.876. The summed E-state index contributed by atoms with van der Waals surface area (Å²) in [5, 5.41) is 7.00. The highest BCUT2D eigenvalue weighted by molar-refractivity contribution is 6.19. The van der Waals surface area contributed by atoms with Crippen LogP contribution in [0.5, 0.6) is 0 Å². The first kappa shape index (κ1) is 37.3. The molecule has 0 fully saturated rings. The van der Waals surface area contributed by atoms with E-state index in [2.05, 4.69) is 254 Å². The Kier molecular flexibility index (Phi) is 9.20. The van der Waals surface area contributed by atoms with Crippen LogP contribution < -0.4 is 4.90 Å². The summed E-state index contributed by atoms with van der Waals surface area (Å²) in [6, 6.07) is 89.7. The van der Waals surface area contributed by atoms with Crippen molar-refractivity contribution in [2.24, 2.45) is 0 Å². The normalized spacial score (nSPS) is 11.4. The van der Waals surface area contributed by atoms with E-state index in [1.165, 1.54) is 55.1 Å². The Morgan fingerprint density at radius 1 is 0.281 bits per heavy atom. The van der Waals surface area contributed by atoms with Crippen LogP contribution in [-0.4, -0.2) is 0 Å². The summed E-state index contributed by atoms with van der Waals surface area (Å²) in [5.41, 5.74) is 16.7. The van der Waals surface area contributed by atoms with Gasteiger partial charge in [-0.25, -0.2) is 0 Å². The van der Waals surface area contributed by atoms with Crippen molar-refractivity contribution in [3.05, 3.63) is 249 Å². The van der Waals surface area contributed by atoms with Crippen LogP contribution in [0.4, 0.5) is 17.1 Å². The summed E-state index contributed by atoms with van der Waals surface area (Å²) in [6.45, 7) is 0. The Labute approximate surface area is 372 Å². The van der Waals surface area contributed by atoms with Crippen LogP contribution in [0.25, 0.3) is 99.1 Å². The summed E-state index contributed by atoms with van der Waals surface area (Å²) in [5.74, 6) is 0. The molecule has 2 heteroatoms. The Balaban J connectivity index is 1.02. The smallest absolute Gasteiger partial charge is 0.143 e. The highest BCUT2D eigenvalue weighted by Crippen LogP contribution is 2.46. The molecule has 0 aliphatic heterocycles. The highest BCUT2D eigenvalue weighted by atomic mass is 16.3. The number of hydrogen-bond donors (Lipinski definition) is 0. The van der Waals surface area contributed by atoms with E-state index >= 15 is 0 Å². The van der Waals surface area contributed by atoms with Gasteiger partial charge in [0.25, 0.3) is 0 Å². The van der Waals surface area contributed by atoms with Crippen molar-refractivity contribution in [1.29, 1.82) is 0 Å². The van der Waals surface area contributed by atoms with E-state index in [4.69, 9.17) is 4.42 Å². The lowest BCUT2D eigenvalue weighted by atomic mass is 9.93. The molecule has 0 radical (unpaired) electrons. The molecule has 300 valence electrons. The fraction of sp³-hybridized carbons (Fsp3) is 0. The number of para-hydroxylation sites is 1. The molecule has 0 aliphatic carbocycles. The summed E-state index contributed by atoms with van der Waals surface area (Å²) >= 11 is 0. The summed E-state index contributed by atoms with van der Waals surface area (Å²) < 4.78 is 6.70. The van der Waals surface area contributed by atoms with Gasteiger partial charge in [0.1, 0.15) is 11.2 Å². The van der Waals surface area contributed by atoms with Gasteiger partial charge in [-0.1, -0.05) is 188 Å². The van der Waals surface area contributed by atoms with E-state index in [0.717, 1.165) is 61.1 Å². The van der Waals surface area contributed by atoms with Crippen molar-refractivity contribution in [1.82, 2.24) is 0 Å². The van der Waals surface area contributed by atoms with Gasteiger partial charge in [0, 0.05) is 33.1 Å². The number of rotatable bonds is 8. The second-order valence-electron chi connectivity index (χ2n) is 16.4. The van der Waals surface area contributed by atoms with E-state index in [9.17, 15) is 0 Å². The average molecular weight is 816 g/mol. The number of hydrogen-bond acceptors (Lipinski definition) is 2. The van der Waals surface area contributed by atoms with E-state index < -0.39 is 0 Å². The number of nitrogens with zero attached hydrogens (tertiary/aromatic N) is 1. The molecular formula is C62H41NO. The summed E-state index contributed by atoms with van der Waals surface area (Å²) in [6.07, 6.45) is 0. The molecule has 0 aliphatic rings. The molecule has 0 bridgehead atoms. The monoisotopic (exact) mass is 815 g/mol. The first-order chi connectivity index (χ1) is 31.7. The van der Waals surface area contributed by atoms with Gasteiger partial charge in [0.15, 0.2) is 0 Å². The Morgan fingerprint density at radius 2 is 0.766 bits per heavy atom. The molecule has 12 aromatic rings. The maximum absolute atomic E-state index is 6.70. The predicted octanol–water partition coefficient (Wildman–Crippen LogP) is 17.7. The number of benzene rings is 11. The highest BCUT2D eigenvalue weighted by Gasteiger charge is 2.21. The third-order valence-electron chi connectivity index (χ3n) is 12.7. The van der Waals surface area contributed by atoms with Crippen LogP contribution in [0.3, 0.4) is 0 Å². The molecular weight excluding hydrogens is 775 g/mol. The van der Waals surface area contributed by atoms with Crippen molar-refractivity contribution in [2.75, 3.05) is 4.90 Å². The number of anilines is 3. The molecule has 2 nitrogen and oxygen atoms in total. The molecule has 64 heavy (non-hydrogen) atoms. The van der Waals surface area contributed by atoms with Crippen LogP contribution in [-0.2, 0) is 0 Å². The van der Waals surface area contributed by atoms with Gasteiger partial charge < -0.3 is 9.32 Å². The second-order valence-corrected chi connectivity index (χ2v) is 16.4. The third-order valence-corrected chi connectivity index (χ3v) is 12.7. The molecule has 0 N–H and O–H groups in total. The average Bonchev–Trinajstić information content (AvgIpc) is 3.77. The van der Waals surface area contributed by atoms with Crippen molar-refractivity contribution in [3.8, 4) is 55.6 Å². The lowest BCUT2D eigenvalue weighted by Gasteiger charge is -2.28. The Bertz CT molecular complexity index is 3580. The Hall–Kier alpha value is -8.46. The van der Waals surface area contributed by atoms with Crippen molar-refractivity contribution in [2.45, 2.75) is 0 Å². The minimum atomic E-state index is 0.876. The lowest BCUT2D eigenvalue weighted by Crippen LogP contribution is -2.11. The zero-order valence-electron chi connectivity index (χ0n) is 35.0. The van der Waals surface area contributed by atoms with Gasteiger partial charge in [-0.2, -0.15) is 0 Å². The van der Waals surface area contributed by atoms with Crippen molar-refractivity contribution >= 4 is 60.5 Å². The topological polar surface area (TPSA) is 16.4 Å². The fourth-order valence-corrected chi connectivity index (χ4v) is 9.56. The molecule has 11 aromatic carbocycles. The summed E-state index contributed by atoms with van der Waals surface area (Å²) in [7, 11) is 0. The second kappa shape index (κ2) is 15.8. The third kappa shape index (κ3) is 6.61. The maximum atomic E-state index is 6.70. The van der Waals surface area contributed by atoms with Gasteiger partial charge >= 0.3 is 0 Å². The van der Waals surface area contributed by atoms with Gasteiger partial charge in [0.05, 0.1) is 5.69 Å². The zero-order valence-corrected chi connectivity index (χ0v) is 35.0. The molecule has 0 amide bonds. The van der Waals surface area contributed by atoms with E-state index in [-0.39, 0.29) is 0 Å². The number of furan rings is 1. The van der Waals surface area contributed by atoms with Crippen LogP contribution >= 0.6 is 0 Å². The first-order valence-electron chi connectivity index (χ1n) is 21.9. The van der Waals surface area contributed by atoms with Crippen molar-refractivity contribution in [3.63, 3.8) is 0 Å². The molecule has 0 atom stereocenters. The standard InChI is InChI=1S/C62H41NO/c1-3-15-42(16-4-1)48-39-49(43-17-5-2-6-18-43)41-50(40-48)44-29-34-51(35-30-44)63(52-36-31-47(32-37-52)54-25-13-21-45-19-7-9-22-53(45)54)59-27-12-11-24-56(59)57-26-14-28-60-61(57)58-38-33-46-20-8-10-23-55(46)62(58)64-60/h1-41H. The molecule has 0 spiro atoms. The van der Waals surface area contributed by atoms with E-state index in [0.29, 0.717) is 0 Å². The first-order valence-corrected chi connectivity index (χ1v) is 21.9.